The molecule has 0 spiro atoms. The lowest BCUT2D eigenvalue weighted by Gasteiger charge is -2.20. The van der Waals surface area contributed by atoms with Crippen molar-refractivity contribution < 1.29 is 13.2 Å². The van der Waals surface area contributed by atoms with Crippen molar-refractivity contribution in [3.05, 3.63) is 53.6 Å². The first-order chi connectivity index (χ1) is 13.1. The van der Waals surface area contributed by atoms with Crippen molar-refractivity contribution in [3.63, 3.8) is 0 Å². The second-order valence-corrected chi connectivity index (χ2v) is 9.26. The smallest absolute Gasteiger partial charge is 0.231 e. The van der Waals surface area contributed by atoms with Crippen molar-refractivity contribution in [1.82, 2.24) is 5.32 Å². The first-order valence-corrected chi connectivity index (χ1v) is 11.1. The molecule has 2 N–H and O–H groups in total. The van der Waals surface area contributed by atoms with E-state index < -0.39 is 10.0 Å². The van der Waals surface area contributed by atoms with E-state index in [1.165, 1.54) is 22.5 Å². The van der Waals surface area contributed by atoms with Crippen LogP contribution in [0.15, 0.2) is 42.5 Å². The van der Waals surface area contributed by atoms with E-state index in [4.69, 9.17) is 17.0 Å². The molecule has 0 saturated heterocycles. The monoisotopic (exact) mass is 421 g/mol. The third kappa shape index (κ3) is 6.38. The number of rotatable bonds is 7. The van der Waals surface area contributed by atoms with Crippen LogP contribution in [0.5, 0.6) is 5.75 Å². The number of benzene rings is 2. The van der Waals surface area contributed by atoms with E-state index in [-0.39, 0.29) is 6.04 Å². The van der Waals surface area contributed by atoms with E-state index in [9.17, 15) is 8.42 Å². The summed E-state index contributed by atoms with van der Waals surface area (Å²) >= 11 is 5.35. The molecule has 28 heavy (non-hydrogen) atoms. The third-order valence-corrected chi connectivity index (χ3v) is 5.75. The van der Waals surface area contributed by atoms with Crippen LogP contribution in [0.2, 0.25) is 0 Å². The molecule has 0 aliphatic rings. The van der Waals surface area contributed by atoms with Gasteiger partial charge in [-0.15, -0.1) is 0 Å². The normalized spacial score (nSPS) is 12.2. The van der Waals surface area contributed by atoms with Gasteiger partial charge in [0.25, 0.3) is 0 Å². The van der Waals surface area contributed by atoms with Crippen molar-refractivity contribution in [2.45, 2.75) is 26.8 Å². The Kier molecular flexibility index (Phi) is 7.26. The molecule has 0 fully saturated rings. The van der Waals surface area contributed by atoms with Crippen LogP contribution in [-0.4, -0.2) is 39.5 Å². The average molecular weight is 422 g/mol. The van der Waals surface area contributed by atoms with Gasteiger partial charge in [-0.05, 0) is 74.4 Å². The number of nitrogens with one attached hydrogen (secondary N) is 2. The highest BCUT2D eigenvalue weighted by Gasteiger charge is 2.12. The van der Waals surface area contributed by atoms with E-state index in [1.54, 1.807) is 18.2 Å². The van der Waals surface area contributed by atoms with Gasteiger partial charge in [-0.25, -0.2) is 8.42 Å². The van der Waals surface area contributed by atoms with Gasteiger partial charge in [0, 0.05) is 12.7 Å². The molecule has 0 radical (unpaired) electrons. The summed E-state index contributed by atoms with van der Waals surface area (Å²) in [5.74, 6) is 0.826. The van der Waals surface area contributed by atoms with Crippen LogP contribution in [0, 0.1) is 13.8 Å². The van der Waals surface area contributed by atoms with Gasteiger partial charge in [-0.1, -0.05) is 12.1 Å². The Hall–Kier alpha value is -2.32. The molecule has 8 heteroatoms. The van der Waals surface area contributed by atoms with Gasteiger partial charge in [0.1, 0.15) is 12.4 Å². The molecule has 0 aliphatic carbocycles. The molecule has 2 aromatic carbocycles. The second kappa shape index (κ2) is 9.25. The zero-order chi connectivity index (χ0) is 20.9. The zero-order valence-corrected chi connectivity index (χ0v) is 18.4. The SMILES string of the molecule is Cc1ccc(OC[C@H](C)NC(=S)Nc2cccc(N(C)S(C)(=O)=O)c2)cc1C. The number of hydrogen-bond acceptors (Lipinski definition) is 4. The lowest BCUT2D eigenvalue weighted by Crippen LogP contribution is -2.39. The van der Waals surface area contributed by atoms with Crippen LogP contribution < -0.4 is 19.7 Å². The maximum Gasteiger partial charge on any atom is 0.231 e. The van der Waals surface area contributed by atoms with Gasteiger partial charge in [-0.3, -0.25) is 4.31 Å². The molecular weight excluding hydrogens is 394 g/mol. The van der Waals surface area contributed by atoms with Crippen LogP contribution in [0.4, 0.5) is 11.4 Å². The molecule has 0 amide bonds. The highest BCUT2D eigenvalue weighted by atomic mass is 32.2. The van der Waals surface area contributed by atoms with Crippen molar-refractivity contribution in [2.75, 3.05) is 29.5 Å². The molecule has 0 bridgehead atoms. The molecule has 2 rings (SSSR count). The van der Waals surface area contributed by atoms with E-state index in [1.807, 2.05) is 31.2 Å². The lowest BCUT2D eigenvalue weighted by molar-refractivity contribution is 0.287. The zero-order valence-electron chi connectivity index (χ0n) is 16.8. The minimum atomic E-state index is -3.32. The summed E-state index contributed by atoms with van der Waals surface area (Å²) in [6.07, 6.45) is 1.16. The lowest BCUT2D eigenvalue weighted by atomic mass is 10.1. The minimum Gasteiger partial charge on any atom is -0.491 e. The number of nitrogens with zero attached hydrogens (tertiary/aromatic N) is 1. The van der Waals surface area contributed by atoms with Gasteiger partial charge >= 0.3 is 0 Å². The molecule has 1 atom stereocenters. The molecule has 2 aromatic rings. The van der Waals surface area contributed by atoms with E-state index in [0.29, 0.717) is 23.1 Å². The fourth-order valence-electron chi connectivity index (χ4n) is 2.43. The molecule has 0 heterocycles. The maximum atomic E-state index is 11.7. The number of ether oxygens (including phenoxy) is 1. The van der Waals surface area contributed by atoms with Crippen molar-refractivity contribution >= 4 is 38.7 Å². The van der Waals surface area contributed by atoms with Crippen LogP contribution in [0.1, 0.15) is 18.1 Å². The molecule has 0 aliphatic heterocycles. The molecular formula is C20H27N3O3S2. The molecule has 6 nitrogen and oxygen atoms in total. The van der Waals surface area contributed by atoms with E-state index in [0.717, 1.165) is 12.0 Å². The highest BCUT2D eigenvalue weighted by molar-refractivity contribution is 7.92. The predicted octanol–water partition coefficient (Wildman–Crippen LogP) is 3.45. The largest absolute Gasteiger partial charge is 0.491 e. The fourth-order valence-corrected chi connectivity index (χ4v) is 3.24. The Bertz CT molecular complexity index is 945. The molecule has 0 unspecified atom stereocenters. The number of sulfonamides is 1. The topological polar surface area (TPSA) is 70.7 Å². The van der Waals surface area contributed by atoms with Crippen molar-refractivity contribution in [1.29, 1.82) is 0 Å². The van der Waals surface area contributed by atoms with Crippen LogP contribution in [0.25, 0.3) is 0 Å². The van der Waals surface area contributed by atoms with Crippen molar-refractivity contribution in [3.8, 4) is 5.75 Å². The summed E-state index contributed by atoms with van der Waals surface area (Å²) in [4.78, 5) is 0. The summed E-state index contributed by atoms with van der Waals surface area (Å²) in [7, 11) is -1.81. The van der Waals surface area contributed by atoms with Crippen LogP contribution in [-0.2, 0) is 10.0 Å². The fraction of sp³-hybridized carbons (Fsp3) is 0.350. The highest BCUT2D eigenvalue weighted by Crippen LogP contribution is 2.20. The van der Waals surface area contributed by atoms with Gasteiger partial charge in [0.2, 0.25) is 10.0 Å². The Morgan fingerprint density at radius 1 is 1.18 bits per heavy atom. The van der Waals surface area contributed by atoms with E-state index in [2.05, 4.69) is 24.5 Å². The number of aryl methyl sites for hydroxylation is 2. The first kappa shape index (κ1) is 22.0. The summed E-state index contributed by atoms with van der Waals surface area (Å²) in [5, 5.41) is 6.68. The molecule has 0 saturated carbocycles. The first-order valence-electron chi connectivity index (χ1n) is 8.88. The Morgan fingerprint density at radius 2 is 1.89 bits per heavy atom. The Labute approximate surface area is 173 Å². The Balaban J connectivity index is 1.90. The van der Waals surface area contributed by atoms with Gasteiger partial charge < -0.3 is 15.4 Å². The quantitative estimate of drug-likeness (QED) is 0.668. The summed E-state index contributed by atoms with van der Waals surface area (Å²) in [6.45, 7) is 6.55. The molecule has 0 aromatic heterocycles. The number of hydrogen-bond donors (Lipinski definition) is 2. The average Bonchev–Trinajstić information content (AvgIpc) is 2.61. The third-order valence-electron chi connectivity index (χ3n) is 4.32. The van der Waals surface area contributed by atoms with Gasteiger partial charge in [-0.2, -0.15) is 0 Å². The van der Waals surface area contributed by atoms with Gasteiger partial charge in [0.05, 0.1) is 18.0 Å². The number of thiocarbonyl (C=S) groups is 1. The summed E-state index contributed by atoms with van der Waals surface area (Å²) in [6, 6.07) is 13.0. The van der Waals surface area contributed by atoms with E-state index >= 15 is 0 Å². The van der Waals surface area contributed by atoms with Gasteiger partial charge in [0.15, 0.2) is 5.11 Å². The maximum absolute atomic E-state index is 11.7. The molecule has 152 valence electrons. The summed E-state index contributed by atoms with van der Waals surface area (Å²) in [5.41, 5.74) is 3.68. The summed E-state index contributed by atoms with van der Waals surface area (Å²) < 4.78 is 30.4. The Morgan fingerprint density at radius 3 is 2.54 bits per heavy atom. The van der Waals surface area contributed by atoms with Crippen LogP contribution in [0.3, 0.4) is 0 Å². The number of anilines is 2. The minimum absolute atomic E-state index is 0.0107. The predicted molar refractivity (Wildman–Crippen MR) is 120 cm³/mol. The standard InChI is InChI=1S/C20H27N3O3S2/c1-14-9-10-19(11-15(14)2)26-13-16(3)21-20(27)22-17-7-6-8-18(12-17)23(4)28(5,24)25/h6-12,16H,13H2,1-5H3,(H2,21,22,27)/t16-/m0/s1. The van der Waals surface area contributed by atoms with Crippen molar-refractivity contribution in [2.24, 2.45) is 0 Å². The van der Waals surface area contributed by atoms with Crippen LogP contribution >= 0.6 is 12.2 Å². The second-order valence-electron chi connectivity index (χ2n) is 6.84.